The number of benzene rings is 1. The molecule has 4 rings (SSSR count). The number of nitrogens with zero attached hydrogens (tertiary/aromatic N) is 4. The number of aromatic nitrogens is 3. The molecule has 5 nitrogen and oxygen atoms in total. The predicted octanol–water partition coefficient (Wildman–Crippen LogP) is 4.92. The van der Waals surface area contributed by atoms with Crippen molar-refractivity contribution in [3.05, 3.63) is 56.7 Å². The van der Waals surface area contributed by atoms with Crippen LogP contribution in [-0.2, 0) is 19.1 Å². The third-order valence-corrected chi connectivity index (χ3v) is 6.81. The van der Waals surface area contributed by atoms with Crippen LogP contribution < -0.4 is 4.90 Å². The van der Waals surface area contributed by atoms with Crippen LogP contribution in [0.4, 0.5) is 11.5 Å². The number of hydrogen-bond acceptors (Lipinski definition) is 5. The molecule has 0 saturated heterocycles. The van der Waals surface area contributed by atoms with E-state index in [1.165, 1.54) is 33.7 Å². The minimum atomic E-state index is -1.10. The van der Waals surface area contributed by atoms with E-state index in [0.717, 1.165) is 47.9 Å². The number of rotatable bonds is 5. The summed E-state index contributed by atoms with van der Waals surface area (Å²) in [6, 6.07) is 4.48. The Kier molecular flexibility index (Phi) is 5.25. The highest BCUT2D eigenvalue weighted by Crippen LogP contribution is 2.44. The lowest BCUT2D eigenvalue weighted by molar-refractivity contribution is 0.0603. The highest BCUT2D eigenvalue weighted by molar-refractivity contribution is 7.09. The zero-order chi connectivity index (χ0) is 20.8. The van der Waals surface area contributed by atoms with Crippen molar-refractivity contribution in [2.24, 2.45) is 7.05 Å². The van der Waals surface area contributed by atoms with Crippen molar-refractivity contribution in [3.8, 4) is 0 Å². The van der Waals surface area contributed by atoms with Gasteiger partial charge in [-0.05, 0) is 51.2 Å². The molecule has 1 aliphatic heterocycles. The SMILES string of the molecule is CCCC(O)(c1nccs1)c1c2c(nn1C)N(c1c(C)cc(C)cc1C)CCC2. The number of aryl methyl sites for hydroxylation is 4. The molecule has 3 aromatic rings. The first kappa shape index (κ1) is 20.1. The molecule has 0 radical (unpaired) electrons. The third-order valence-electron chi connectivity index (χ3n) is 5.88. The van der Waals surface area contributed by atoms with Crippen LogP contribution in [0.1, 0.15) is 59.1 Å². The molecule has 1 atom stereocenters. The first-order chi connectivity index (χ1) is 13.9. The van der Waals surface area contributed by atoms with E-state index >= 15 is 0 Å². The second-order valence-electron chi connectivity index (χ2n) is 8.22. The minimum Gasteiger partial charge on any atom is -0.376 e. The fourth-order valence-electron chi connectivity index (χ4n) is 4.97. The van der Waals surface area contributed by atoms with Crippen molar-refractivity contribution >= 4 is 22.8 Å². The fourth-order valence-corrected chi connectivity index (χ4v) is 5.74. The maximum atomic E-state index is 11.8. The topological polar surface area (TPSA) is 54.2 Å². The Balaban J connectivity index is 1.89. The van der Waals surface area contributed by atoms with Gasteiger partial charge in [0.25, 0.3) is 0 Å². The molecule has 0 fully saturated rings. The molecule has 1 N–H and O–H groups in total. The summed E-state index contributed by atoms with van der Waals surface area (Å²) < 4.78 is 1.89. The molecule has 0 bridgehead atoms. The second kappa shape index (κ2) is 7.58. The first-order valence-corrected chi connectivity index (χ1v) is 11.3. The maximum Gasteiger partial charge on any atom is 0.158 e. The van der Waals surface area contributed by atoms with Crippen molar-refractivity contribution in [2.75, 3.05) is 11.4 Å². The molecule has 1 unspecified atom stereocenters. The van der Waals surface area contributed by atoms with Crippen LogP contribution in [0.25, 0.3) is 0 Å². The lowest BCUT2D eigenvalue weighted by Crippen LogP contribution is -2.32. The van der Waals surface area contributed by atoms with Gasteiger partial charge < -0.3 is 10.0 Å². The Morgan fingerprint density at radius 1 is 1.21 bits per heavy atom. The van der Waals surface area contributed by atoms with Crippen LogP contribution in [0.2, 0.25) is 0 Å². The van der Waals surface area contributed by atoms with E-state index < -0.39 is 5.60 Å². The summed E-state index contributed by atoms with van der Waals surface area (Å²) in [4.78, 5) is 6.83. The maximum absolute atomic E-state index is 11.8. The van der Waals surface area contributed by atoms with Crippen molar-refractivity contribution in [1.82, 2.24) is 14.8 Å². The van der Waals surface area contributed by atoms with Gasteiger partial charge >= 0.3 is 0 Å². The summed E-state index contributed by atoms with van der Waals surface area (Å²) in [5.41, 5.74) is 6.02. The van der Waals surface area contributed by atoms with Gasteiger partial charge in [0.2, 0.25) is 0 Å². The van der Waals surface area contributed by atoms with Crippen LogP contribution in [0.5, 0.6) is 0 Å². The monoisotopic (exact) mass is 410 g/mol. The Morgan fingerprint density at radius 2 is 1.93 bits per heavy atom. The van der Waals surface area contributed by atoms with E-state index in [0.29, 0.717) is 6.42 Å². The zero-order valence-corrected chi connectivity index (χ0v) is 18.8. The van der Waals surface area contributed by atoms with Crippen LogP contribution in [0.3, 0.4) is 0 Å². The quantitative estimate of drug-likeness (QED) is 0.648. The van der Waals surface area contributed by atoms with Crippen LogP contribution in [-0.4, -0.2) is 26.4 Å². The number of thiazole rings is 1. The molecule has 154 valence electrons. The second-order valence-corrected chi connectivity index (χ2v) is 9.12. The van der Waals surface area contributed by atoms with E-state index in [-0.39, 0.29) is 0 Å². The number of hydrogen-bond donors (Lipinski definition) is 1. The van der Waals surface area contributed by atoms with Gasteiger partial charge in [-0.3, -0.25) is 4.68 Å². The average molecular weight is 411 g/mol. The molecule has 1 aromatic carbocycles. The molecule has 29 heavy (non-hydrogen) atoms. The van der Waals surface area contributed by atoms with Crippen molar-refractivity contribution in [3.63, 3.8) is 0 Å². The largest absolute Gasteiger partial charge is 0.376 e. The van der Waals surface area contributed by atoms with E-state index in [2.05, 4.69) is 49.7 Å². The van der Waals surface area contributed by atoms with Crippen molar-refractivity contribution in [1.29, 1.82) is 0 Å². The Hall–Kier alpha value is -2.18. The van der Waals surface area contributed by atoms with E-state index in [4.69, 9.17) is 5.10 Å². The number of aliphatic hydroxyl groups is 1. The smallest absolute Gasteiger partial charge is 0.158 e. The molecular formula is C23H30N4OS. The molecule has 6 heteroatoms. The van der Waals surface area contributed by atoms with Crippen LogP contribution in [0.15, 0.2) is 23.7 Å². The van der Waals surface area contributed by atoms with Gasteiger partial charge in [-0.15, -0.1) is 11.3 Å². The van der Waals surface area contributed by atoms with E-state index in [1.807, 2.05) is 17.1 Å². The molecule has 2 aromatic heterocycles. The lowest BCUT2D eigenvalue weighted by atomic mass is 9.88. The summed E-state index contributed by atoms with van der Waals surface area (Å²) in [7, 11) is 1.95. The molecular weight excluding hydrogens is 380 g/mol. The van der Waals surface area contributed by atoms with Gasteiger partial charge in [0.15, 0.2) is 11.4 Å². The fraction of sp³-hybridized carbons (Fsp3) is 0.478. The predicted molar refractivity (Wildman–Crippen MR) is 119 cm³/mol. The number of fused-ring (bicyclic) bond motifs is 1. The Labute approximate surface area is 177 Å². The molecule has 3 heterocycles. The summed E-state index contributed by atoms with van der Waals surface area (Å²) in [6.07, 6.45) is 5.24. The summed E-state index contributed by atoms with van der Waals surface area (Å²) in [6.45, 7) is 9.54. The van der Waals surface area contributed by atoms with Crippen molar-refractivity contribution in [2.45, 2.75) is 59.0 Å². The molecule has 0 saturated carbocycles. The normalized spacial score (nSPS) is 16.0. The number of anilines is 2. The van der Waals surface area contributed by atoms with E-state index in [9.17, 15) is 5.11 Å². The molecule has 0 aliphatic carbocycles. The standard InChI is InChI=1S/C23H30N4OS/c1-6-9-23(28,22-24-10-12-29-22)20-18-8-7-11-27(21(18)25-26(20)5)19-16(3)13-15(2)14-17(19)4/h10,12-14,28H,6-9,11H2,1-5H3. The van der Waals surface area contributed by atoms with Gasteiger partial charge in [0.1, 0.15) is 5.01 Å². The molecule has 0 spiro atoms. The third kappa shape index (κ3) is 3.28. The lowest BCUT2D eigenvalue weighted by Gasteiger charge is -2.32. The van der Waals surface area contributed by atoms with Gasteiger partial charge in [-0.1, -0.05) is 31.0 Å². The molecule has 1 aliphatic rings. The molecule has 0 amide bonds. The summed E-state index contributed by atoms with van der Waals surface area (Å²) in [5, 5.41) is 19.5. The van der Waals surface area contributed by atoms with E-state index in [1.54, 1.807) is 6.20 Å². The summed E-state index contributed by atoms with van der Waals surface area (Å²) >= 11 is 1.52. The van der Waals surface area contributed by atoms with Gasteiger partial charge in [-0.2, -0.15) is 5.10 Å². The minimum absolute atomic E-state index is 0.634. The van der Waals surface area contributed by atoms with Crippen LogP contribution >= 0.6 is 11.3 Å². The summed E-state index contributed by atoms with van der Waals surface area (Å²) in [5.74, 6) is 0.981. The average Bonchev–Trinajstić information content (AvgIpc) is 3.29. The van der Waals surface area contributed by atoms with Gasteiger partial charge in [0.05, 0.1) is 5.69 Å². The zero-order valence-electron chi connectivity index (χ0n) is 18.0. The Morgan fingerprint density at radius 3 is 2.55 bits per heavy atom. The van der Waals surface area contributed by atoms with Crippen LogP contribution in [0, 0.1) is 20.8 Å². The highest BCUT2D eigenvalue weighted by Gasteiger charge is 2.41. The van der Waals surface area contributed by atoms with Gasteiger partial charge in [-0.25, -0.2) is 4.98 Å². The van der Waals surface area contributed by atoms with Gasteiger partial charge in [0, 0.05) is 36.4 Å². The highest BCUT2D eigenvalue weighted by atomic mass is 32.1. The first-order valence-electron chi connectivity index (χ1n) is 10.4. The van der Waals surface area contributed by atoms with Crippen molar-refractivity contribution < 1.29 is 5.11 Å². The Bertz CT molecular complexity index is 1000.